The van der Waals surface area contributed by atoms with Crippen molar-refractivity contribution in [3.8, 4) is 34.3 Å². The Hall–Kier alpha value is -4.30. The SMILES string of the molecule is COc1ccc(-c2cc(C(=O)N3CCN(Cc4ccc5c(c4)OCO5)CC3)c3ccccc3n2)cc1OC. The highest BCUT2D eigenvalue weighted by molar-refractivity contribution is 6.07. The molecule has 0 unspecified atom stereocenters. The van der Waals surface area contributed by atoms with Gasteiger partial charge < -0.3 is 23.8 Å². The standard InChI is InChI=1S/C30H29N3O5/c1-35-26-10-8-21(16-28(26)36-2)25-17-23(22-5-3-4-6-24(22)31-25)30(34)33-13-11-32(12-14-33)18-20-7-9-27-29(15-20)38-19-37-27/h3-10,15-17H,11-14,18-19H2,1-2H3. The van der Waals surface area contributed by atoms with E-state index in [4.69, 9.17) is 23.9 Å². The lowest BCUT2D eigenvalue weighted by Crippen LogP contribution is -2.48. The van der Waals surface area contributed by atoms with Crippen LogP contribution < -0.4 is 18.9 Å². The van der Waals surface area contributed by atoms with Crippen molar-refractivity contribution in [3.05, 3.63) is 77.9 Å². The number of piperazine rings is 1. The third kappa shape index (κ3) is 4.59. The Bertz CT molecular complexity index is 1500. The second-order valence-corrected chi connectivity index (χ2v) is 9.40. The van der Waals surface area contributed by atoms with E-state index in [0.29, 0.717) is 30.2 Å². The first kappa shape index (κ1) is 24.1. The van der Waals surface area contributed by atoms with E-state index >= 15 is 0 Å². The summed E-state index contributed by atoms with van der Waals surface area (Å²) in [4.78, 5) is 23.0. The van der Waals surface area contributed by atoms with Crippen LogP contribution in [0.3, 0.4) is 0 Å². The van der Waals surface area contributed by atoms with Crippen LogP contribution >= 0.6 is 0 Å². The van der Waals surface area contributed by atoms with Gasteiger partial charge in [-0.1, -0.05) is 24.3 Å². The van der Waals surface area contributed by atoms with E-state index in [1.54, 1.807) is 14.2 Å². The lowest BCUT2D eigenvalue weighted by atomic mass is 10.0. The van der Waals surface area contributed by atoms with Gasteiger partial charge in [0.05, 0.1) is 31.0 Å². The summed E-state index contributed by atoms with van der Waals surface area (Å²) in [5.74, 6) is 2.87. The van der Waals surface area contributed by atoms with Crippen molar-refractivity contribution in [2.45, 2.75) is 6.54 Å². The first-order valence-corrected chi connectivity index (χ1v) is 12.7. The molecule has 3 heterocycles. The van der Waals surface area contributed by atoms with Crippen LogP contribution in [-0.2, 0) is 6.54 Å². The second kappa shape index (κ2) is 10.2. The van der Waals surface area contributed by atoms with Gasteiger partial charge in [-0.05, 0) is 48.0 Å². The molecule has 0 atom stereocenters. The highest BCUT2D eigenvalue weighted by Gasteiger charge is 2.25. The van der Waals surface area contributed by atoms with Crippen LogP contribution in [0.5, 0.6) is 23.0 Å². The number of benzene rings is 3. The molecule has 194 valence electrons. The summed E-state index contributed by atoms with van der Waals surface area (Å²) in [6, 6.07) is 21.4. The van der Waals surface area contributed by atoms with Crippen LogP contribution in [0.1, 0.15) is 15.9 Å². The molecular weight excluding hydrogens is 482 g/mol. The number of rotatable bonds is 6. The molecule has 4 aromatic rings. The fourth-order valence-electron chi connectivity index (χ4n) is 5.07. The molecule has 1 saturated heterocycles. The van der Waals surface area contributed by atoms with Gasteiger partial charge in [0, 0.05) is 43.7 Å². The number of hydrogen-bond acceptors (Lipinski definition) is 7. The van der Waals surface area contributed by atoms with Crippen LogP contribution in [0.2, 0.25) is 0 Å². The molecular formula is C30H29N3O5. The Morgan fingerprint density at radius 3 is 2.47 bits per heavy atom. The largest absolute Gasteiger partial charge is 0.493 e. The molecule has 1 aromatic heterocycles. The van der Waals surface area contributed by atoms with Gasteiger partial charge in [0.25, 0.3) is 5.91 Å². The molecule has 8 heteroatoms. The third-order valence-electron chi connectivity index (χ3n) is 7.13. The molecule has 0 radical (unpaired) electrons. The maximum Gasteiger partial charge on any atom is 0.254 e. The lowest BCUT2D eigenvalue weighted by molar-refractivity contribution is 0.0630. The summed E-state index contributed by atoms with van der Waals surface area (Å²) in [5, 5.41) is 0.851. The molecule has 0 N–H and O–H groups in total. The normalized spacial score (nSPS) is 15.1. The van der Waals surface area contributed by atoms with Crippen molar-refractivity contribution in [1.82, 2.24) is 14.8 Å². The minimum atomic E-state index is 0.0213. The zero-order chi connectivity index (χ0) is 26.1. The lowest BCUT2D eigenvalue weighted by Gasteiger charge is -2.35. The molecule has 8 nitrogen and oxygen atoms in total. The van der Waals surface area contributed by atoms with Gasteiger partial charge in [0.1, 0.15) is 0 Å². The Morgan fingerprint density at radius 2 is 1.66 bits per heavy atom. The van der Waals surface area contributed by atoms with Crippen molar-refractivity contribution in [2.24, 2.45) is 0 Å². The molecule has 6 rings (SSSR count). The minimum Gasteiger partial charge on any atom is -0.493 e. The summed E-state index contributed by atoms with van der Waals surface area (Å²) in [7, 11) is 3.22. The number of carbonyl (C=O) groups excluding carboxylic acids is 1. The summed E-state index contributed by atoms with van der Waals surface area (Å²) >= 11 is 0. The predicted molar refractivity (Wildman–Crippen MR) is 144 cm³/mol. The zero-order valence-electron chi connectivity index (χ0n) is 21.5. The number of aromatic nitrogens is 1. The van der Waals surface area contributed by atoms with E-state index in [1.807, 2.05) is 65.6 Å². The van der Waals surface area contributed by atoms with E-state index in [1.165, 1.54) is 5.56 Å². The van der Waals surface area contributed by atoms with Gasteiger partial charge in [0.15, 0.2) is 23.0 Å². The average molecular weight is 512 g/mol. The number of carbonyl (C=O) groups is 1. The average Bonchev–Trinajstić information content (AvgIpc) is 3.44. The molecule has 2 aliphatic heterocycles. The molecule has 0 spiro atoms. The Balaban J connectivity index is 1.22. The summed E-state index contributed by atoms with van der Waals surface area (Å²) in [5.41, 5.74) is 4.19. The Morgan fingerprint density at radius 1 is 0.868 bits per heavy atom. The second-order valence-electron chi connectivity index (χ2n) is 9.40. The fraction of sp³-hybridized carbons (Fsp3) is 0.267. The van der Waals surface area contributed by atoms with Crippen molar-refractivity contribution < 1.29 is 23.7 Å². The first-order chi connectivity index (χ1) is 18.6. The number of para-hydroxylation sites is 1. The van der Waals surface area contributed by atoms with E-state index in [-0.39, 0.29) is 12.7 Å². The number of amides is 1. The van der Waals surface area contributed by atoms with Crippen LogP contribution in [0.25, 0.3) is 22.2 Å². The van der Waals surface area contributed by atoms with Gasteiger partial charge in [0.2, 0.25) is 6.79 Å². The molecule has 0 saturated carbocycles. The van der Waals surface area contributed by atoms with E-state index < -0.39 is 0 Å². The summed E-state index contributed by atoms with van der Waals surface area (Å²) in [6.07, 6.45) is 0. The molecule has 1 fully saturated rings. The van der Waals surface area contributed by atoms with Crippen molar-refractivity contribution in [3.63, 3.8) is 0 Å². The van der Waals surface area contributed by atoms with Crippen LogP contribution in [-0.4, -0.2) is 67.9 Å². The number of fused-ring (bicyclic) bond motifs is 2. The maximum atomic E-state index is 13.8. The zero-order valence-corrected chi connectivity index (χ0v) is 21.5. The first-order valence-electron chi connectivity index (χ1n) is 12.7. The molecule has 0 bridgehead atoms. The Kier molecular flexibility index (Phi) is 6.47. The molecule has 38 heavy (non-hydrogen) atoms. The van der Waals surface area contributed by atoms with Gasteiger partial charge in [-0.25, -0.2) is 4.98 Å². The van der Waals surface area contributed by atoms with Crippen molar-refractivity contribution >= 4 is 16.8 Å². The number of pyridine rings is 1. The van der Waals surface area contributed by atoms with Crippen molar-refractivity contribution in [2.75, 3.05) is 47.2 Å². The number of methoxy groups -OCH3 is 2. The maximum absolute atomic E-state index is 13.8. The van der Waals surface area contributed by atoms with Gasteiger partial charge in [-0.3, -0.25) is 9.69 Å². The van der Waals surface area contributed by atoms with Crippen LogP contribution in [0, 0.1) is 0 Å². The molecule has 0 aliphatic carbocycles. The quantitative estimate of drug-likeness (QED) is 0.374. The van der Waals surface area contributed by atoms with Gasteiger partial charge in [-0.2, -0.15) is 0 Å². The van der Waals surface area contributed by atoms with E-state index in [2.05, 4.69) is 11.0 Å². The fourth-order valence-corrected chi connectivity index (χ4v) is 5.07. The van der Waals surface area contributed by atoms with Crippen LogP contribution in [0.4, 0.5) is 0 Å². The van der Waals surface area contributed by atoms with Crippen LogP contribution in [0.15, 0.2) is 66.7 Å². The number of nitrogens with zero attached hydrogens (tertiary/aromatic N) is 3. The van der Waals surface area contributed by atoms with E-state index in [0.717, 1.165) is 53.3 Å². The highest BCUT2D eigenvalue weighted by atomic mass is 16.7. The molecule has 3 aromatic carbocycles. The Labute approximate surface area is 221 Å². The monoisotopic (exact) mass is 511 g/mol. The minimum absolute atomic E-state index is 0.0213. The number of ether oxygens (including phenoxy) is 4. The smallest absolute Gasteiger partial charge is 0.254 e. The molecule has 1 amide bonds. The van der Waals surface area contributed by atoms with E-state index in [9.17, 15) is 4.79 Å². The third-order valence-corrected chi connectivity index (χ3v) is 7.13. The molecule has 2 aliphatic rings. The summed E-state index contributed by atoms with van der Waals surface area (Å²) in [6.45, 7) is 3.99. The summed E-state index contributed by atoms with van der Waals surface area (Å²) < 4.78 is 21.8. The predicted octanol–water partition coefficient (Wildman–Crippen LogP) is 4.61. The number of hydrogen-bond donors (Lipinski definition) is 0. The highest BCUT2D eigenvalue weighted by Crippen LogP contribution is 2.34. The van der Waals surface area contributed by atoms with Crippen molar-refractivity contribution in [1.29, 1.82) is 0 Å². The topological polar surface area (TPSA) is 73.4 Å². The van der Waals surface area contributed by atoms with Gasteiger partial charge in [-0.15, -0.1) is 0 Å². The van der Waals surface area contributed by atoms with Gasteiger partial charge >= 0.3 is 0 Å².